The first-order valence-electron chi connectivity index (χ1n) is 4.42. The molecule has 0 spiro atoms. The summed E-state index contributed by atoms with van der Waals surface area (Å²) in [7, 11) is 0. The fraction of sp³-hybridized carbons (Fsp3) is 0.182. The van der Waals surface area contributed by atoms with E-state index in [1.165, 1.54) is 6.07 Å². The van der Waals surface area contributed by atoms with Gasteiger partial charge in [0, 0.05) is 17.7 Å². The largest absolute Gasteiger partial charge is 0.465 e. The highest BCUT2D eigenvalue weighted by Crippen LogP contribution is 2.31. The van der Waals surface area contributed by atoms with Crippen LogP contribution in [0.15, 0.2) is 12.1 Å². The van der Waals surface area contributed by atoms with Crippen LogP contribution in [0.5, 0.6) is 0 Å². The summed E-state index contributed by atoms with van der Waals surface area (Å²) in [4.78, 5) is 10.6. The smallest absolute Gasteiger partial charge is 0.409 e. The summed E-state index contributed by atoms with van der Waals surface area (Å²) in [6, 6.07) is 3.10. The maximum absolute atomic E-state index is 10.6. The van der Waals surface area contributed by atoms with Crippen molar-refractivity contribution >= 4 is 35.0 Å². The molecule has 0 aromatic heterocycles. The predicted octanol–water partition coefficient (Wildman–Crippen LogP) is 3.65. The van der Waals surface area contributed by atoms with Gasteiger partial charge in [0.25, 0.3) is 0 Å². The van der Waals surface area contributed by atoms with Crippen molar-refractivity contribution in [2.24, 2.45) is 0 Å². The van der Waals surface area contributed by atoms with E-state index in [1.807, 2.05) is 0 Å². The first-order valence-corrected chi connectivity index (χ1v) is 5.18. The second kappa shape index (κ2) is 5.64. The Morgan fingerprint density at radius 1 is 1.50 bits per heavy atom. The van der Waals surface area contributed by atoms with Gasteiger partial charge >= 0.3 is 6.09 Å². The van der Waals surface area contributed by atoms with Crippen molar-refractivity contribution in [1.82, 2.24) is 0 Å². The van der Waals surface area contributed by atoms with Crippen LogP contribution in [-0.4, -0.2) is 11.2 Å². The van der Waals surface area contributed by atoms with Gasteiger partial charge in [-0.05, 0) is 19.1 Å². The first-order chi connectivity index (χ1) is 7.56. The number of rotatable bonds is 2. The molecule has 84 valence electrons. The van der Waals surface area contributed by atoms with Crippen LogP contribution in [0, 0.1) is 11.8 Å². The minimum Gasteiger partial charge on any atom is -0.465 e. The summed E-state index contributed by atoms with van der Waals surface area (Å²) in [5.41, 5.74) is 0.996. The van der Waals surface area contributed by atoms with Crippen LogP contribution in [0.2, 0.25) is 10.0 Å². The average Bonchev–Trinajstić information content (AvgIpc) is 2.22. The highest BCUT2D eigenvalue weighted by Gasteiger charge is 2.11. The van der Waals surface area contributed by atoms with Gasteiger partial charge in [-0.2, -0.15) is 0 Å². The summed E-state index contributed by atoms with van der Waals surface area (Å²) < 4.78 is 0. The van der Waals surface area contributed by atoms with Crippen molar-refractivity contribution in [3.63, 3.8) is 0 Å². The molecule has 1 amide bonds. The van der Waals surface area contributed by atoms with E-state index in [4.69, 9.17) is 28.3 Å². The maximum Gasteiger partial charge on any atom is 0.409 e. The molecule has 0 aliphatic carbocycles. The van der Waals surface area contributed by atoms with E-state index in [0.29, 0.717) is 27.7 Å². The number of halogens is 2. The van der Waals surface area contributed by atoms with Crippen molar-refractivity contribution in [2.45, 2.75) is 13.3 Å². The zero-order valence-electron chi connectivity index (χ0n) is 8.47. The molecule has 0 bridgehead atoms. The van der Waals surface area contributed by atoms with Crippen LogP contribution in [0.3, 0.4) is 0 Å². The zero-order chi connectivity index (χ0) is 12.1. The minimum atomic E-state index is -1.15. The lowest BCUT2D eigenvalue weighted by atomic mass is 10.1. The van der Waals surface area contributed by atoms with Gasteiger partial charge in [0.1, 0.15) is 0 Å². The lowest BCUT2D eigenvalue weighted by Crippen LogP contribution is -2.09. The van der Waals surface area contributed by atoms with Crippen LogP contribution in [0.25, 0.3) is 0 Å². The Labute approximate surface area is 103 Å². The lowest BCUT2D eigenvalue weighted by molar-refractivity contribution is 0.209. The molecule has 0 atom stereocenters. The van der Waals surface area contributed by atoms with Crippen molar-refractivity contribution in [3.05, 3.63) is 27.7 Å². The molecule has 0 unspecified atom stereocenters. The summed E-state index contributed by atoms with van der Waals surface area (Å²) in [5.74, 6) is 5.54. The van der Waals surface area contributed by atoms with Crippen molar-refractivity contribution in [2.75, 3.05) is 5.32 Å². The Balaban J connectivity index is 3.19. The van der Waals surface area contributed by atoms with E-state index in [0.717, 1.165) is 0 Å². The van der Waals surface area contributed by atoms with Gasteiger partial charge in [0.05, 0.1) is 10.0 Å². The third kappa shape index (κ3) is 3.06. The molecular weight excluding hydrogens is 249 g/mol. The van der Waals surface area contributed by atoms with Gasteiger partial charge in [-0.3, -0.25) is 5.32 Å². The number of amides is 1. The molecule has 0 fully saturated rings. The monoisotopic (exact) mass is 257 g/mol. The minimum absolute atomic E-state index is 0.329. The molecule has 16 heavy (non-hydrogen) atoms. The molecular formula is C11H9Cl2NO2. The van der Waals surface area contributed by atoms with Crippen molar-refractivity contribution in [1.29, 1.82) is 0 Å². The lowest BCUT2D eigenvalue weighted by Gasteiger charge is -2.09. The van der Waals surface area contributed by atoms with E-state index in [9.17, 15) is 4.79 Å². The van der Waals surface area contributed by atoms with E-state index in [2.05, 4.69) is 17.2 Å². The highest BCUT2D eigenvalue weighted by atomic mass is 35.5. The van der Waals surface area contributed by atoms with Crippen LogP contribution < -0.4 is 5.32 Å². The molecule has 1 rings (SSSR count). The summed E-state index contributed by atoms with van der Waals surface area (Å²) >= 11 is 11.8. The Kier molecular flexibility index (Phi) is 4.48. The Bertz CT molecular complexity index is 475. The summed E-state index contributed by atoms with van der Waals surface area (Å²) in [6.07, 6.45) is -0.796. The molecule has 5 heteroatoms. The Hall–Kier alpha value is -1.37. The predicted molar refractivity (Wildman–Crippen MR) is 65.3 cm³/mol. The summed E-state index contributed by atoms with van der Waals surface area (Å²) in [5, 5.41) is 11.6. The Morgan fingerprint density at radius 2 is 2.19 bits per heavy atom. The van der Waals surface area contributed by atoms with Crippen LogP contribution >= 0.6 is 23.2 Å². The SMILES string of the molecule is CC#CCc1c(NC(=O)O)ccc(Cl)c1Cl. The van der Waals surface area contributed by atoms with Crippen LogP contribution in [0.1, 0.15) is 12.5 Å². The van der Waals surface area contributed by atoms with E-state index in [-0.39, 0.29) is 0 Å². The normalized spacial score (nSPS) is 9.19. The van der Waals surface area contributed by atoms with E-state index < -0.39 is 6.09 Å². The molecule has 0 saturated heterocycles. The topological polar surface area (TPSA) is 49.3 Å². The second-order valence-corrected chi connectivity index (χ2v) is 3.71. The standard InChI is InChI=1S/C11H9Cl2NO2/c1-2-3-4-7-9(14-11(15)16)6-5-8(12)10(7)13/h5-6,14H,4H2,1H3,(H,15,16). The number of hydrogen-bond donors (Lipinski definition) is 2. The quantitative estimate of drug-likeness (QED) is 0.795. The molecule has 1 aromatic carbocycles. The number of anilines is 1. The van der Waals surface area contributed by atoms with Gasteiger partial charge in [0.2, 0.25) is 0 Å². The molecule has 0 radical (unpaired) electrons. The fourth-order valence-corrected chi connectivity index (χ4v) is 1.58. The number of hydrogen-bond acceptors (Lipinski definition) is 1. The molecule has 1 aromatic rings. The molecule has 0 aliphatic rings. The molecule has 0 heterocycles. The third-order valence-electron chi connectivity index (χ3n) is 1.88. The average molecular weight is 258 g/mol. The number of nitrogens with one attached hydrogen (secondary N) is 1. The fourth-order valence-electron chi connectivity index (χ4n) is 1.17. The molecule has 2 N–H and O–H groups in total. The maximum atomic E-state index is 10.6. The molecule has 0 saturated carbocycles. The third-order valence-corrected chi connectivity index (χ3v) is 2.72. The van der Waals surface area contributed by atoms with E-state index >= 15 is 0 Å². The number of benzene rings is 1. The highest BCUT2D eigenvalue weighted by molar-refractivity contribution is 6.42. The first kappa shape index (κ1) is 12.7. The van der Waals surface area contributed by atoms with Gasteiger partial charge in [-0.25, -0.2) is 4.79 Å². The van der Waals surface area contributed by atoms with Gasteiger partial charge in [-0.1, -0.05) is 29.1 Å². The van der Waals surface area contributed by atoms with Crippen molar-refractivity contribution < 1.29 is 9.90 Å². The van der Waals surface area contributed by atoms with E-state index in [1.54, 1.807) is 13.0 Å². The second-order valence-electron chi connectivity index (χ2n) is 2.92. The number of carbonyl (C=O) groups is 1. The van der Waals surface area contributed by atoms with Gasteiger partial charge in [0.15, 0.2) is 0 Å². The Morgan fingerprint density at radius 3 is 2.75 bits per heavy atom. The number of carboxylic acid groups (broad SMARTS) is 1. The van der Waals surface area contributed by atoms with Gasteiger partial charge < -0.3 is 5.11 Å². The van der Waals surface area contributed by atoms with Crippen LogP contribution in [0.4, 0.5) is 10.5 Å². The molecule has 0 aliphatic heterocycles. The van der Waals surface area contributed by atoms with Crippen LogP contribution in [-0.2, 0) is 6.42 Å². The van der Waals surface area contributed by atoms with Crippen molar-refractivity contribution in [3.8, 4) is 11.8 Å². The zero-order valence-corrected chi connectivity index (χ0v) is 9.99. The van der Waals surface area contributed by atoms with Gasteiger partial charge in [-0.15, -0.1) is 5.92 Å². The molecule has 3 nitrogen and oxygen atoms in total. The summed E-state index contributed by atoms with van der Waals surface area (Å²) in [6.45, 7) is 1.70.